The Labute approximate surface area is 123 Å². The third-order valence-corrected chi connectivity index (χ3v) is 4.15. The fourth-order valence-electron chi connectivity index (χ4n) is 2.89. The maximum absolute atomic E-state index is 11.4. The highest BCUT2D eigenvalue weighted by molar-refractivity contribution is 5.71. The molecule has 2 unspecified atom stereocenters. The molecule has 21 heavy (non-hydrogen) atoms. The number of aliphatic carboxylic acids is 1. The van der Waals surface area contributed by atoms with Gasteiger partial charge in [0.15, 0.2) is 5.82 Å². The normalized spacial score (nSPS) is 25.6. The van der Waals surface area contributed by atoms with Gasteiger partial charge in [-0.15, -0.1) is 5.10 Å². The molecule has 1 saturated carbocycles. The highest BCUT2D eigenvalue weighted by Crippen LogP contribution is 2.34. The molecule has 1 aromatic rings. The van der Waals surface area contributed by atoms with Crippen LogP contribution >= 0.6 is 0 Å². The first kappa shape index (κ1) is 14.4. The molecule has 0 amide bonds. The molecule has 1 saturated heterocycles. The Morgan fingerprint density at radius 1 is 1.48 bits per heavy atom. The van der Waals surface area contributed by atoms with E-state index in [-0.39, 0.29) is 12.6 Å². The smallest absolute Gasteiger partial charge is 0.310 e. The Bertz CT molecular complexity index is 502. The fourth-order valence-corrected chi connectivity index (χ4v) is 2.89. The number of carbonyl (C=O) groups is 1. The second-order valence-corrected chi connectivity index (χ2v) is 5.79. The Morgan fingerprint density at radius 3 is 2.95 bits per heavy atom. The lowest BCUT2D eigenvalue weighted by molar-refractivity contribution is -0.143. The molecule has 1 aromatic heterocycles. The van der Waals surface area contributed by atoms with Gasteiger partial charge < -0.3 is 9.84 Å². The zero-order chi connectivity index (χ0) is 14.8. The highest BCUT2D eigenvalue weighted by atomic mass is 16.5. The second kappa shape index (κ2) is 6.07. The lowest BCUT2D eigenvalue weighted by Crippen LogP contribution is -2.43. The molecule has 1 N–H and O–H groups in total. The number of tetrazole rings is 1. The fraction of sp³-hybridized carbons (Fsp3) is 0.846. The molecular weight excluding hydrogens is 274 g/mol. The average molecular weight is 295 g/mol. The van der Waals surface area contributed by atoms with E-state index in [0.717, 1.165) is 31.6 Å². The minimum Gasteiger partial charge on any atom is -0.481 e. The van der Waals surface area contributed by atoms with Crippen LogP contribution in [0.3, 0.4) is 0 Å². The monoisotopic (exact) mass is 295 g/mol. The first-order chi connectivity index (χ1) is 10.2. The molecule has 2 fully saturated rings. The van der Waals surface area contributed by atoms with Gasteiger partial charge in [0.05, 0.1) is 31.7 Å². The van der Waals surface area contributed by atoms with Crippen LogP contribution < -0.4 is 0 Å². The lowest BCUT2D eigenvalue weighted by atomic mass is 10.0. The first-order valence-electron chi connectivity index (χ1n) is 7.52. The van der Waals surface area contributed by atoms with E-state index in [1.165, 1.54) is 0 Å². The lowest BCUT2D eigenvalue weighted by Gasteiger charge is -2.29. The third kappa shape index (κ3) is 3.06. The van der Waals surface area contributed by atoms with Crippen molar-refractivity contribution in [3.8, 4) is 0 Å². The first-order valence-corrected chi connectivity index (χ1v) is 7.52. The number of hydrogen-bond donors (Lipinski definition) is 1. The SMILES string of the molecule is CCCN(Cc1nnnn1C1CC1)C1COCC1C(=O)O. The van der Waals surface area contributed by atoms with Crippen molar-refractivity contribution in [2.24, 2.45) is 5.92 Å². The number of carboxylic acid groups (broad SMARTS) is 1. The summed E-state index contributed by atoms with van der Waals surface area (Å²) in [5.41, 5.74) is 0. The van der Waals surface area contributed by atoms with Crippen LogP contribution in [0.5, 0.6) is 0 Å². The highest BCUT2D eigenvalue weighted by Gasteiger charge is 2.38. The van der Waals surface area contributed by atoms with E-state index in [4.69, 9.17) is 4.74 Å². The summed E-state index contributed by atoms with van der Waals surface area (Å²) >= 11 is 0. The van der Waals surface area contributed by atoms with Gasteiger partial charge in [-0.3, -0.25) is 9.69 Å². The Balaban J connectivity index is 1.74. The van der Waals surface area contributed by atoms with Crippen LogP contribution in [0.2, 0.25) is 0 Å². The third-order valence-electron chi connectivity index (χ3n) is 4.15. The number of rotatable bonds is 7. The molecule has 0 spiro atoms. The minimum absolute atomic E-state index is 0.105. The van der Waals surface area contributed by atoms with Crippen molar-refractivity contribution in [1.82, 2.24) is 25.1 Å². The van der Waals surface area contributed by atoms with Crippen molar-refractivity contribution in [3.05, 3.63) is 5.82 Å². The van der Waals surface area contributed by atoms with E-state index < -0.39 is 11.9 Å². The zero-order valence-corrected chi connectivity index (χ0v) is 12.2. The standard InChI is InChI=1S/C13H21N5O3/c1-2-5-17(11-8-21-7-10(11)13(19)20)6-12-14-15-16-18(12)9-3-4-9/h9-11H,2-8H2,1H3,(H,19,20). The van der Waals surface area contributed by atoms with E-state index in [1.807, 2.05) is 4.68 Å². The van der Waals surface area contributed by atoms with E-state index in [2.05, 4.69) is 27.3 Å². The summed E-state index contributed by atoms with van der Waals surface area (Å²) in [6.07, 6.45) is 3.19. The molecule has 116 valence electrons. The van der Waals surface area contributed by atoms with Gasteiger partial charge in [0.2, 0.25) is 0 Å². The summed E-state index contributed by atoms with van der Waals surface area (Å²) in [5.74, 6) is -0.441. The van der Waals surface area contributed by atoms with Crippen LogP contribution in [-0.2, 0) is 16.1 Å². The molecule has 0 aromatic carbocycles. The van der Waals surface area contributed by atoms with E-state index >= 15 is 0 Å². The van der Waals surface area contributed by atoms with Crippen LogP contribution in [0.4, 0.5) is 0 Å². The van der Waals surface area contributed by atoms with Crippen molar-refractivity contribution in [2.75, 3.05) is 19.8 Å². The van der Waals surface area contributed by atoms with Crippen LogP contribution in [-0.4, -0.2) is 62.0 Å². The average Bonchev–Trinajstić information content (AvgIpc) is 3.01. The number of carboxylic acids is 1. The van der Waals surface area contributed by atoms with Gasteiger partial charge in [-0.05, 0) is 36.2 Å². The molecular formula is C13H21N5O3. The summed E-state index contributed by atoms with van der Waals surface area (Å²) in [6.45, 7) is 4.22. The Hall–Kier alpha value is -1.54. The molecule has 3 rings (SSSR count). The van der Waals surface area contributed by atoms with Gasteiger partial charge in [0.25, 0.3) is 0 Å². The van der Waals surface area contributed by atoms with Crippen LogP contribution in [0, 0.1) is 5.92 Å². The number of aromatic nitrogens is 4. The maximum atomic E-state index is 11.4. The molecule has 2 aliphatic rings. The maximum Gasteiger partial charge on any atom is 0.310 e. The van der Waals surface area contributed by atoms with Crippen molar-refractivity contribution < 1.29 is 14.6 Å². The molecule has 2 atom stereocenters. The van der Waals surface area contributed by atoms with Crippen LogP contribution in [0.25, 0.3) is 0 Å². The molecule has 1 aliphatic carbocycles. The number of nitrogens with zero attached hydrogens (tertiary/aromatic N) is 5. The largest absolute Gasteiger partial charge is 0.481 e. The summed E-state index contributed by atoms with van der Waals surface area (Å²) in [6, 6.07) is 0.320. The van der Waals surface area contributed by atoms with Gasteiger partial charge in [0, 0.05) is 6.04 Å². The van der Waals surface area contributed by atoms with Gasteiger partial charge >= 0.3 is 5.97 Å². The zero-order valence-electron chi connectivity index (χ0n) is 12.2. The van der Waals surface area contributed by atoms with Crippen molar-refractivity contribution in [1.29, 1.82) is 0 Å². The summed E-state index contributed by atoms with van der Waals surface area (Å²) in [5, 5.41) is 21.3. The van der Waals surface area contributed by atoms with E-state index in [1.54, 1.807) is 0 Å². The molecule has 8 nitrogen and oxygen atoms in total. The van der Waals surface area contributed by atoms with Gasteiger partial charge in [-0.1, -0.05) is 6.92 Å². The predicted molar refractivity (Wildman–Crippen MR) is 72.5 cm³/mol. The number of hydrogen-bond acceptors (Lipinski definition) is 6. The Kier molecular flexibility index (Phi) is 4.16. The van der Waals surface area contributed by atoms with Gasteiger partial charge in [-0.25, -0.2) is 4.68 Å². The van der Waals surface area contributed by atoms with Crippen molar-refractivity contribution >= 4 is 5.97 Å². The summed E-state index contributed by atoms with van der Waals surface area (Å²) < 4.78 is 7.27. The topological polar surface area (TPSA) is 93.4 Å². The summed E-state index contributed by atoms with van der Waals surface area (Å²) in [4.78, 5) is 13.5. The van der Waals surface area contributed by atoms with Crippen LogP contribution in [0.1, 0.15) is 38.1 Å². The molecule has 2 heterocycles. The van der Waals surface area contributed by atoms with E-state index in [9.17, 15) is 9.90 Å². The quantitative estimate of drug-likeness (QED) is 0.774. The van der Waals surface area contributed by atoms with Crippen LogP contribution in [0.15, 0.2) is 0 Å². The van der Waals surface area contributed by atoms with Gasteiger partial charge in [-0.2, -0.15) is 0 Å². The van der Waals surface area contributed by atoms with Gasteiger partial charge in [0.1, 0.15) is 0 Å². The van der Waals surface area contributed by atoms with Crippen molar-refractivity contribution in [3.63, 3.8) is 0 Å². The predicted octanol–water partition coefficient (Wildman–Crippen LogP) is 0.320. The molecule has 0 radical (unpaired) electrons. The minimum atomic E-state index is -0.791. The number of ether oxygens (including phenoxy) is 1. The van der Waals surface area contributed by atoms with Crippen molar-refractivity contribution in [2.45, 2.75) is 44.8 Å². The molecule has 0 bridgehead atoms. The summed E-state index contributed by atoms with van der Waals surface area (Å²) in [7, 11) is 0. The Morgan fingerprint density at radius 2 is 2.29 bits per heavy atom. The molecule has 1 aliphatic heterocycles. The second-order valence-electron chi connectivity index (χ2n) is 5.79. The van der Waals surface area contributed by atoms with E-state index in [0.29, 0.717) is 19.2 Å². The molecule has 8 heteroatoms.